The number of halogens is 1. The van der Waals surface area contributed by atoms with Crippen LogP contribution in [-0.4, -0.2) is 15.5 Å². The summed E-state index contributed by atoms with van der Waals surface area (Å²) in [6.45, 7) is 0.368. The fourth-order valence-electron chi connectivity index (χ4n) is 3.10. The van der Waals surface area contributed by atoms with Gasteiger partial charge in [-0.25, -0.2) is 9.37 Å². The molecule has 4 rings (SSSR count). The zero-order valence-corrected chi connectivity index (χ0v) is 17.0. The Hall–Kier alpha value is -3.87. The van der Waals surface area contributed by atoms with Gasteiger partial charge < -0.3 is 19.0 Å². The maximum atomic E-state index is 13.9. The Labute approximate surface area is 179 Å². The molecule has 6 nitrogen and oxygen atoms in total. The first-order valence-corrected chi connectivity index (χ1v) is 9.91. The second kappa shape index (κ2) is 9.30. The maximum absolute atomic E-state index is 13.9. The van der Waals surface area contributed by atoms with Crippen LogP contribution < -0.4 is 10.1 Å². The molecule has 0 atom stereocenters. The number of aryl methyl sites for hydroxylation is 2. The number of rotatable bonds is 8. The number of nitrogens with zero attached hydrogens (tertiary/aromatic N) is 2. The van der Waals surface area contributed by atoms with E-state index >= 15 is 0 Å². The summed E-state index contributed by atoms with van der Waals surface area (Å²) < 4.78 is 27.2. The molecule has 4 aromatic rings. The number of amides is 1. The van der Waals surface area contributed by atoms with Gasteiger partial charge in [-0.3, -0.25) is 4.79 Å². The molecule has 0 saturated carbocycles. The lowest BCUT2D eigenvalue weighted by molar-refractivity contribution is -0.116. The largest absolute Gasteiger partial charge is 0.486 e. The van der Waals surface area contributed by atoms with Crippen molar-refractivity contribution in [3.63, 3.8) is 0 Å². The second-order valence-electron chi connectivity index (χ2n) is 7.06. The summed E-state index contributed by atoms with van der Waals surface area (Å²) in [6.07, 6.45) is 4.26. The fraction of sp³-hybridized carbons (Fsp3) is 0.167. The van der Waals surface area contributed by atoms with Crippen molar-refractivity contribution in [1.29, 1.82) is 0 Å². The quantitative estimate of drug-likeness (QED) is 0.438. The molecule has 1 amide bonds. The molecule has 0 saturated heterocycles. The molecule has 2 aromatic carbocycles. The zero-order valence-electron chi connectivity index (χ0n) is 17.0. The van der Waals surface area contributed by atoms with Gasteiger partial charge in [-0.1, -0.05) is 12.1 Å². The van der Waals surface area contributed by atoms with Gasteiger partial charge in [-0.2, -0.15) is 0 Å². The third kappa shape index (κ3) is 5.19. The summed E-state index contributed by atoms with van der Waals surface area (Å²) >= 11 is 0. The number of hydrogen-bond acceptors (Lipinski definition) is 4. The van der Waals surface area contributed by atoms with Gasteiger partial charge in [0.2, 0.25) is 5.91 Å². The first-order valence-electron chi connectivity index (χ1n) is 9.91. The van der Waals surface area contributed by atoms with Crippen molar-refractivity contribution in [3.05, 3.63) is 90.5 Å². The molecule has 31 heavy (non-hydrogen) atoms. The van der Waals surface area contributed by atoms with Crippen molar-refractivity contribution in [3.8, 4) is 17.1 Å². The van der Waals surface area contributed by atoms with Crippen LogP contribution in [0.25, 0.3) is 11.3 Å². The van der Waals surface area contributed by atoms with Crippen molar-refractivity contribution < 1.29 is 18.3 Å². The number of anilines is 1. The number of carbonyl (C=O) groups is 1. The van der Waals surface area contributed by atoms with Crippen molar-refractivity contribution >= 4 is 11.6 Å². The monoisotopic (exact) mass is 419 g/mol. The molecular weight excluding hydrogens is 397 g/mol. The first-order chi connectivity index (χ1) is 15.1. The van der Waals surface area contributed by atoms with Gasteiger partial charge in [-0.05, 0) is 48.5 Å². The van der Waals surface area contributed by atoms with Gasteiger partial charge in [0.05, 0.1) is 5.56 Å². The minimum absolute atomic E-state index is 0.134. The van der Waals surface area contributed by atoms with E-state index in [0.717, 1.165) is 5.82 Å². The van der Waals surface area contributed by atoms with Gasteiger partial charge in [0, 0.05) is 38.0 Å². The van der Waals surface area contributed by atoms with Crippen LogP contribution in [0.5, 0.6) is 5.75 Å². The lowest BCUT2D eigenvalue weighted by atomic mass is 10.1. The Balaban J connectivity index is 1.26. The van der Waals surface area contributed by atoms with E-state index in [1.165, 1.54) is 6.07 Å². The van der Waals surface area contributed by atoms with Crippen LogP contribution in [0.1, 0.15) is 18.0 Å². The minimum Gasteiger partial charge on any atom is -0.486 e. The van der Waals surface area contributed by atoms with E-state index in [0.29, 0.717) is 41.5 Å². The predicted molar refractivity (Wildman–Crippen MR) is 115 cm³/mol. The van der Waals surface area contributed by atoms with Crippen LogP contribution >= 0.6 is 0 Å². The van der Waals surface area contributed by atoms with E-state index in [2.05, 4.69) is 10.3 Å². The van der Waals surface area contributed by atoms with Gasteiger partial charge in [-0.15, -0.1) is 0 Å². The SMILES string of the molecule is Cn1ccnc1COc1ccc(NC(=O)CCc2ccc(-c3ccccc3F)o2)cc1. The summed E-state index contributed by atoms with van der Waals surface area (Å²) in [7, 11) is 1.91. The number of aromatic nitrogens is 2. The molecule has 0 aliphatic rings. The highest BCUT2D eigenvalue weighted by atomic mass is 19.1. The number of imidazole rings is 1. The molecule has 2 aromatic heterocycles. The average molecular weight is 419 g/mol. The van der Waals surface area contributed by atoms with E-state index in [-0.39, 0.29) is 18.1 Å². The van der Waals surface area contributed by atoms with Crippen LogP contribution in [0.15, 0.2) is 77.5 Å². The fourth-order valence-corrected chi connectivity index (χ4v) is 3.10. The summed E-state index contributed by atoms with van der Waals surface area (Å²) in [5.41, 5.74) is 1.09. The summed E-state index contributed by atoms with van der Waals surface area (Å²) in [5.74, 6) is 2.13. The third-order valence-electron chi connectivity index (χ3n) is 4.83. The normalized spacial score (nSPS) is 10.8. The molecule has 0 spiro atoms. The predicted octanol–water partition coefficient (Wildman–Crippen LogP) is 4.97. The summed E-state index contributed by atoms with van der Waals surface area (Å²) in [6, 6.07) is 17.1. The highest BCUT2D eigenvalue weighted by Crippen LogP contribution is 2.25. The second-order valence-corrected chi connectivity index (χ2v) is 7.06. The lowest BCUT2D eigenvalue weighted by Gasteiger charge is -2.08. The Bertz CT molecular complexity index is 1160. The van der Waals surface area contributed by atoms with Crippen molar-refractivity contribution in [1.82, 2.24) is 9.55 Å². The Morgan fingerprint density at radius 2 is 1.94 bits per heavy atom. The third-order valence-corrected chi connectivity index (χ3v) is 4.83. The Morgan fingerprint density at radius 3 is 2.68 bits per heavy atom. The van der Waals surface area contributed by atoms with E-state index in [1.54, 1.807) is 60.8 Å². The van der Waals surface area contributed by atoms with Gasteiger partial charge in [0.25, 0.3) is 0 Å². The summed E-state index contributed by atoms with van der Waals surface area (Å²) in [5, 5.41) is 2.85. The Morgan fingerprint density at radius 1 is 1.13 bits per heavy atom. The lowest BCUT2D eigenvalue weighted by Crippen LogP contribution is -2.12. The van der Waals surface area contributed by atoms with Crippen LogP contribution in [-0.2, 0) is 24.9 Å². The molecule has 7 heteroatoms. The molecule has 0 fully saturated rings. The highest BCUT2D eigenvalue weighted by molar-refractivity contribution is 5.90. The standard InChI is InChI=1S/C24H22FN3O3/c1-28-15-14-26-23(28)16-30-18-8-6-17(7-9-18)27-24(29)13-11-19-10-12-22(31-19)20-4-2-3-5-21(20)25/h2-10,12,14-15H,11,13,16H2,1H3,(H,27,29). The average Bonchev–Trinajstić information content (AvgIpc) is 3.41. The molecule has 0 radical (unpaired) electrons. The molecule has 0 bridgehead atoms. The summed E-state index contributed by atoms with van der Waals surface area (Å²) in [4.78, 5) is 16.5. The first kappa shape index (κ1) is 20.4. The van der Waals surface area contributed by atoms with Gasteiger partial charge in [0.15, 0.2) is 0 Å². The number of furan rings is 1. The van der Waals surface area contributed by atoms with Crippen LogP contribution in [0.3, 0.4) is 0 Å². The zero-order chi connectivity index (χ0) is 21.6. The minimum atomic E-state index is -0.339. The van der Waals surface area contributed by atoms with Crippen LogP contribution in [0.2, 0.25) is 0 Å². The molecular formula is C24H22FN3O3. The maximum Gasteiger partial charge on any atom is 0.224 e. The molecule has 158 valence electrons. The number of carbonyl (C=O) groups excluding carboxylic acids is 1. The topological polar surface area (TPSA) is 69.3 Å². The van der Waals surface area contributed by atoms with E-state index < -0.39 is 0 Å². The molecule has 0 unspecified atom stereocenters. The number of nitrogens with one attached hydrogen (secondary N) is 1. The number of ether oxygens (including phenoxy) is 1. The Kier molecular flexibility index (Phi) is 6.12. The van der Waals surface area contributed by atoms with Gasteiger partial charge in [0.1, 0.15) is 35.5 Å². The highest BCUT2D eigenvalue weighted by Gasteiger charge is 2.11. The molecule has 0 aliphatic carbocycles. The molecule has 1 N–H and O–H groups in total. The van der Waals surface area contributed by atoms with Crippen molar-refractivity contribution in [2.75, 3.05) is 5.32 Å². The number of benzene rings is 2. The van der Waals surface area contributed by atoms with Crippen molar-refractivity contribution in [2.24, 2.45) is 7.05 Å². The van der Waals surface area contributed by atoms with Crippen molar-refractivity contribution in [2.45, 2.75) is 19.4 Å². The van der Waals surface area contributed by atoms with Crippen LogP contribution in [0, 0.1) is 5.82 Å². The van der Waals surface area contributed by atoms with E-state index in [1.807, 2.05) is 17.8 Å². The molecule has 0 aliphatic heterocycles. The smallest absolute Gasteiger partial charge is 0.224 e. The molecule has 2 heterocycles. The van der Waals surface area contributed by atoms with Gasteiger partial charge >= 0.3 is 0 Å². The van der Waals surface area contributed by atoms with E-state index in [9.17, 15) is 9.18 Å². The van der Waals surface area contributed by atoms with E-state index in [4.69, 9.17) is 9.15 Å². The number of hydrogen-bond donors (Lipinski definition) is 1. The van der Waals surface area contributed by atoms with Crippen LogP contribution in [0.4, 0.5) is 10.1 Å².